The lowest BCUT2D eigenvalue weighted by Crippen LogP contribution is -2.50. The molecule has 1 unspecified atom stereocenters. The Balaban J connectivity index is 2.05. The molecule has 0 fully saturated rings. The number of hydrogen-bond donors (Lipinski definition) is 2. The van der Waals surface area contributed by atoms with Gasteiger partial charge in [0.25, 0.3) is 0 Å². The summed E-state index contributed by atoms with van der Waals surface area (Å²) in [5, 5.41) is 5.06. The van der Waals surface area contributed by atoms with Crippen molar-refractivity contribution in [3.63, 3.8) is 0 Å². The van der Waals surface area contributed by atoms with Gasteiger partial charge in [0, 0.05) is 6.08 Å². The van der Waals surface area contributed by atoms with Crippen LogP contribution in [0.5, 0.6) is 0 Å². The van der Waals surface area contributed by atoms with Crippen molar-refractivity contribution >= 4 is 24.0 Å². The van der Waals surface area contributed by atoms with E-state index >= 15 is 0 Å². The van der Waals surface area contributed by atoms with Crippen molar-refractivity contribution in [1.82, 2.24) is 10.6 Å². The number of ether oxygens (including phenoxy) is 2. The summed E-state index contributed by atoms with van der Waals surface area (Å²) in [7, 11) is 0. The highest BCUT2D eigenvalue weighted by Crippen LogP contribution is 2.14. The number of rotatable bonds is 6. The maximum Gasteiger partial charge on any atom is 0.338 e. The molecule has 1 atom stereocenters. The quantitative estimate of drug-likeness (QED) is 0.606. The summed E-state index contributed by atoms with van der Waals surface area (Å²) in [5.74, 6) is -1.15. The fraction of sp³-hybridized carbons (Fsp3) is 0.278. The standard InChI is InChI=1S/C18H20N2O5/c1-3-24-17(22)16-12(2)19-18(23)20-14(16)11-25-15(21)10-9-13-7-5-4-6-8-13/h4-10,12H,3,11H2,1-2H3,(H2,19,20,23). The van der Waals surface area contributed by atoms with E-state index < -0.39 is 24.0 Å². The van der Waals surface area contributed by atoms with E-state index in [4.69, 9.17) is 9.47 Å². The van der Waals surface area contributed by atoms with E-state index in [0.29, 0.717) is 0 Å². The molecule has 0 saturated heterocycles. The topological polar surface area (TPSA) is 93.7 Å². The molecule has 0 bridgehead atoms. The molecule has 1 aromatic rings. The molecule has 1 aliphatic heterocycles. The van der Waals surface area contributed by atoms with Crippen LogP contribution in [0.15, 0.2) is 47.7 Å². The van der Waals surface area contributed by atoms with Gasteiger partial charge in [-0.15, -0.1) is 0 Å². The van der Waals surface area contributed by atoms with Crippen LogP contribution in [0.3, 0.4) is 0 Å². The highest BCUT2D eigenvalue weighted by atomic mass is 16.5. The number of amides is 2. The van der Waals surface area contributed by atoms with E-state index in [1.54, 1.807) is 19.9 Å². The van der Waals surface area contributed by atoms with E-state index in [2.05, 4.69) is 10.6 Å². The molecule has 132 valence electrons. The maximum absolute atomic E-state index is 12.1. The molecule has 7 nitrogen and oxygen atoms in total. The van der Waals surface area contributed by atoms with Crippen molar-refractivity contribution in [2.24, 2.45) is 0 Å². The van der Waals surface area contributed by atoms with Gasteiger partial charge in [0.05, 0.1) is 23.9 Å². The van der Waals surface area contributed by atoms with E-state index in [1.165, 1.54) is 6.08 Å². The molecule has 2 amide bonds. The van der Waals surface area contributed by atoms with Crippen LogP contribution in [-0.2, 0) is 19.1 Å². The fourth-order valence-corrected chi connectivity index (χ4v) is 2.31. The van der Waals surface area contributed by atoms with Crippen LogP contribution in [-0.4, -0.2) is 37.2 Å². The van der Waals surface area contributed by atoms with Crippen molar-refractivity contribution < 1.29 is 23.9 Å². The van der Waals surface area contributed by atoms with Crippen molar-refractivity contribution in [3.05, 3.63) is 53.2 Å². The average molecular weight is 344 g/mol. The molecule has 0 radical (unpaired) electrons. The van der Waals surface area contributed by atoms with Gasteiger partial charge in [-0.1, -0.05) is 30.3 Å². The van der Waals surface area contributed by atoms with E-state index in [-0.39, 0.29) is 24.5 Å². The highest BCUT2D eigenvalue weighted by Gasteiger charge is 2.30. The molecule has 0 saturated carbocycles. The summed E-state index contributed by atoms with van der Waals surface area (Å²) in [5.41, 5.74) is 1.31. The first-order valence-corrected chi connectivity index (χ1v) is 7.88. The van der Waals surface area contributed by atoms with Crippen molar-refractivity contribution in [2.45, 2.75) is 19.9 Å². The Morgan fingerprint density at radius 1 is 1.20 bits per heavy atom. The van der Waals surface area contributed by atoms with E-state index in [0.717, 1.165) is 5.56 Å². The van der Waals surface area contributed by atoms with Gasteiger partial charge in [0.15, 0.2) is 0 Å². The van der Waals surface area contributed by atoms with Crippen LogP contribution in [0.2, 0.25) is 0 Å². The summed E-state index contributed by atoms with van der Waals surface area (Å²) in [6, 6.07) is 8.27. The largest absolute Gasteiger partial charge is 0.463 e. The second-order valence-corrected chi connectivity index (χ2v) is 5.28. The minimum absolute atomic E-state index is 0.204. The summed E-state index contributed by atoms with van der Waals surface area (Å²) in [6.45, 7) is 3.31. The summed E-state index contributed by atoms with van der Waals surface area (Å²) < 4.78 is 10.1. The van der Waals surface area contributed by atoms with Gasteiger partial charge < -0.3 is 20.1 Å². The second-order valence-electron chi connectivity index (χ2n) is 5.28. The predicted molar refractivity (Wildman–Crippen MR) is 91.2 cm³/mol. The molecule has 2 N–H and O–H groups in total. The maximum atomic E-state index is 12.1. The van der Waals surface area contributed by atoms with Gasteiger partial charge in [0.2, 0.25) is 0 Å². The fourth-order valence-electron chi connectivity index (χ4n) is 2.31. The number of urea groups is 1. The zero-order valence-corrected chi connectivity index (χ0v) is 14.1. The van der Waals surface area contributed by atoms with Crippen molar-refractivity contribution in [2.75, 3.05) is 13.2 Å². The van der Waals surface area contributed by atoms with Gasteiger partial charge in [-0.2, -0.15) is 0 Å². The molecule has 0 spiro atoms. The molecule has 7 heteroatoms. The Kier molecular flexibility index (Phi) is 6.33. The first kappa shape index (κ1) is 18.3. The second kappa shape index (κ2) is 8.68. The van der Waals surface area contributed by atoms with Gasteiger partial charge >= 0.3 is 18.0 Å². The summed E-state index contributed by atoms with van der Waals surface area (Å²) >= 11 is 0. The first-order chi connectivity index (χ1) is 12.0. The Morgan fingerprint density at radius 2 is 1.92 bits per heavy atom. The Morgan fingerprint density at radius 3 is 2.60 bits per heavy atom. The Hall–Kier alpha value is -3.09. The summed E-state index contributed by atoms with van der Waals surface area (Å²) in [6.07, 6.45) is 2.90. The van der Waals surface area contributed by atoms with Gasteiger partial charge in [-0.25, -0.2) is 14.4 Å². The number of nitrogens with one attached hydrogen (secondary N) is 2. The van der Waals surface area contributed by atoms with Gasteiger partial charge in [-0.05, 0) is 25.5 Å². The average Bonchev–Trinajstić information content (AvgIpc) is 2.58. The monoisotopic (exact) mass is 344 g/mol. The molecule has 2 rings (SSSR count). The molecular formula is C18H20N2O5. The molecule has 0 aliphatic carbocycles. The third-order valence-corrected chi connectivity index (χ3v) is 3.44. The van der Waals surface area contributed by atoms with Crippen LogP contribution in [0.25, 0.3) is 6.08 Å². The zero-order valence-electron chi connectivity index (χ0n) is 14.1. The van der Waals surface area contributed by atoms with E-state index in [1.807, 2.05) is 30.3 Å². The Bertz CT molecular complexity index is 709. The lowest BCUT2D eigenvalue weighted by Gasteiger charge is -2.26. The number of carbonyl (C=O) groups excluding carboxylic acids is 3. The predicted octanol–water partition coefficient (Wildman–Crippen LogP) is 1.76. The SMILES string of the molecule is CCOC(=O)C1=C(COC(=O)C=Cc2ccccc2)NC(=O)NC1C. The first-order valence-electron chi connectivity index (χ1n) is 7.88. The van der Waals surface area contributed by atoms with Crippen LogP contribution in [0.4, 0.5) is 4.79 Å². The molecule has 1 aromatic carbocycles. The molecule has 0 aromatic heterocycles. The molecule has 25 heavy (non-hydrogen) atoms. The molecule has 1 heterocycles. The van der Waals surface area contributed by atoms with Crippen LogP contribution >= 0.6 is 0 Å². The smallest absolute Gasteiger partial charge is 0.338 e. The number of carbonyl (C=O) groups is 3. The third kappa shape index (κ3) is 5.20. The minimum Gasteiger partial charge on any atom is -0.463 e. The van der Waals surface area contributed by atoms with Crippen LogP contribution in [0.1, 0.15) is 19.4 Å². The lowest BCUT2D eigenvalue weighted by atomic mass is 10.0. The number of hydrogen-bond acceptors (Lipinski definition) is 5. The number of esters is 2. The highest BCUT2D eigenvalue weighted by molar-refractivity contribution is 5.95. The number of benzene rings is 1. The van der Waals surface area contributed by atoms with Crippen LogP contribution in [0, 0.1) is 0 Å². The lowest BCUT2D eigenvalue weighted by molar-refractivity contribution is -0.140. The molecular weight excluding hydrogens is 324 g/mol. The van der Waals surface area contributed by atoms with Crippen LogP contribution < -0.4 is 10.6 Å². The third-order valence-electron chi connectivity index (χ3n) is 3.44. The van der Waals surface area contributed by atoms with E-state index in [9.17, 15) is 14.4 Å². The Labute approximate surface area is 145 Å². The van der Waals surface area contributed by atoms with Crippen molar-refractivity contribution in [3.8, 4) is 0 Å². The van der Waals surface area contributed by atoms with Gasteiger partial charge in [0.1, 0.15) is 6.61 Å². The molecule has 1 aliphatic rings. The minimum atomic E-state index is -0.583. The van der Waals surface area contributed by atoms with Gasteiger partial charge in [-0.3, -0.25) is 0 Å². The zero-order chi connectivity index (χ0) is 18.2. The summed E-state index contributed by atoms with van der Waals surface area (Å²) in [4.78, 5) is 35.5. The van der Waals surface area contributed by atoms with Crippen molar-refractivity contribution in [1.29, 1.82) is 0 Å². The normalized spacial score (nSPS) is 17.0.